The molecule has 1 aliphatic rings. The normalized spacial score (nSPS) is 17.2. The second-order valence-electron chi connectivity index (χ2n) is 4.72. The molecule has 1 aromatic rings. The van der Waals surface area contributed by atoms with E-state index in [0.29, 0.717) is 5.56 Å². The van der Waals surface area contributed by atoms with Crippen LogP contribution in [-0.4, -0.2) is 12.6 Å². The van der Waals surface area contributed by atoms with Gasteiger partial charge in [-0.05, 0) is 55.9 Å². The first-order chi connectivity index (χ1) is 7.56. The van der Waals surface area contributed by atoms with Crippen molar-refractivity contribution >= 4 is 0 Å². The van der Waals surface area contributed by atoms with Crippen LogP contribution in [0.5, 0.6) is 5.75 Å². The van der Waals surface area contributed by atoms with E-state index in [-0.39, 0.29) is 11.4 Å². The smallest absolute Gasteiger partial charge is 0.126 e. The molecule has 88 valence electrons. The zero-order chi connectivity index (χ0) is 11.8. The highest BCUT2D eigenvalue weighted by atomic mass is 19.1. The van der Waals surface area contributed by atoms with E-state index in [9.17, 15) is 4.39 Å². The second-order valence-corrected chi connectivity index (χ2v) is 4.72. The minimum atomic E-state index is -0.169. The molecule has 0 bridgehead atoms. The van der Waals surface area contributed by atoms with Gasteiger partial charge in [-0.1, -0.05) is 0 Å². The third-order valence-corrected chi connectivity index (χ3v) is 3.47. The Balaban J connectivity index is 2.19. The first-order valence-corrected chi connectivity index (χ1v) is 5.66. The van der Waals surface area contributed by atoms with E-state index in [4.69, 9.17) is 10.5 Å². The molecule has 0 heterocycles. The standard InChI is InChI=1S/C13H18FNO/c1-9-10(5-6-13(15)7-8-13)12(16-2)4-3-11(9)14/h3-4H,5-8,15H2,1-2H3. The van der Waals surface area contributed by atoms with Crippen molar-refractivity contribution < 1.29 is 9.13 Å². The topological polar surface area (TPSA) is 35.2 Å². The number of ether oxygens (including phenoxy) is 1. The third-order valence-electron chi connectivity index (χ3n) is 3.47. The summed E-state index contributed by atoms with van der Waals surface area (Å²) in [5, 5.41) is 0. The Morgan fingerprint density at radius 3 is 2.69 bits per heavy atom. The van der Waals surface area contributed by atoms with E-state index >= 15 is 0 Å². The predicted molar refractivity (Wildman–Crippen MR) is 62.2 cm³/mol. The first-order valence-electron chi connectivity index (χ1n) is 5.66. The van der Waals surface area contributed by atoms with Crippen LogP contribution in [0.2, 0.25) is 0 Å². The largest absolute Gasteiger partial charge is 0.496 e. The molecule has 0 spiro atoms. The van der Waals surface area contributed by atoms with E-state index in [1.165, 1.54) is 6.07 Å². The SMILES string of the molecule is COc1ccc(F)c(C)c1CCC1(N)CC1. The molecule has 1 fully saturated rings. The van der Waals surface area contributed by atoms with Crippen molar-refractivity contribution in [2.45, 2.75) is 38.1 Å². The summed E-state index contributed by atoms with van der Waals surface area (Å²) in [5.74, 6) is 0.598. The Morgan fingerprint density at radius 2 is 2.12 bits per heavy atom. The summed E-state index contributed by atoms with van der Waals surface area (Å²) in [6.45, 7) is 1.79. The lowest BCUT2D eigenvalue weighted by Gasteiger charge is -2.14. The van der Waals surface area contributed by atoms with Gasteiger partial charge in [-0.3, -0.25) is 0 Å². The van der Waals surface area contributed by atoms with Gasteiger partial charge in [-0.15, -0.1) is 0 Å². The van der Waals surface area contributed by atoms with Crippen LogP contribution >= 0.6 is 0 Å². The number of nitrogens with two attached hydrogens (primary N) is 1. The molecular formula is C13H18FNO. The summed E-state index contributed by atoms with van der Waals surface area (Å²) in [7, 11) is 1.62. The maximum Gasteiger partial charge on any atom is 0.126 e. The molecule has 0 radical (unpaired) electrons. The first kappa shape index (κ1) is 11.4. The molecule has 0 unspecified atom stereocenters. The van der Waals surface area contributed by atoms with Gasteiger partial charge in [0.15, 0.2) is 0 Å². The molecule has 1 aromatic carbocycles. The molecule has 2 N–H and O–H groups in total. The van der Waals surface area contributed by atoms with Crippen LogP contribution in [-0.2, 0) is 6.42 Å². The lowest BCUT2D eigenvalue weighted by atomic mass is 9.99. The zero-order valence-electron chi connectivity index (χ0n) is 9.85. The van der Waals surface area contributed by atoms with Crippen molar-refractivity contribution in [1.29, 1.82) is 0 Å². The Kier molecular flexibility index (Phi) is 2.89. The number of halogens is 1. The summed E-state index contributed by atoms with van der Waals surface area (Å²) in [6, 6.07) is 3.14. The average Bonchev–Trinajstić information content (AvgIpc) is 2.99. The Bertz CT molecular complexity index is 399. The Morgan fingerprint density at radius 1 is 1.44 bits per heavy atom. The van der Waals surface area contributed by atoms with Crippen molar-refractivity contribution in [3.63, 3.8) is 0 Å². The van der Waals surface area contributed by atoms with Crippen LogP contribution < -0.4 is 10.5 Å². The number of methoxy groups -OCH3 is 1. The van der Waals surface area contributed by atoms with Crippen molar-refractivity contribution in [2.75, 3.05) is 7.11 Å². The van der Waals surface area contributed by atoms with Gasteiger partial charge in [0.05, 0.1) is 7.11 Å². The van der Waals surface area contributed by atoms with Gasteiger partial charge in [0.2, 0.25) is 0 Å². The summed E-state index contributed by atoms with van der Waals surface area (Å²) < 4.78 is 18.7. The lowest BCUT2D eigenvalue weighted by Crippen LogP contribution is -2.22. The third kappa shape index (κ3) is 2.19. The van der Waals surface area contributed by atoms with Crippen LogP contribution in [0.25, 0.3) is 0 Å². The monoisotopic (exact) mass is 223 g/mol. The fourth-order valence-electron chi connectivity index (χ4n) is 1.99. The molecule has 1 aliphatic carbocycles. The van der Waals surface area contributed by atoms with Crippen molar-refractivity contribution in [3.05, 3.63) is 29.1 Å². The van der Waals surface area contributed by atoms with Gasteiger partial charge >= 0.3 is 0 Å². The minimum Gasteiger partial charge on any atom is -0.496 e. The number of benzene rings is 1. The van der Waals surface area contributed by atoms with Crippen molar-refractivity contribution in [2.24, 2.45) is 5.73 Å². The minimum absolute atomic E-state index is 0.00374. The van der Waals surface area contributed by atoms with Gasteiger partial charge in [0.1, 0.15) is 11.6 Å². The summed E-state index contributed by atoms with van der Waals surface area (Å²) in [6.07, 6.45) is 3.88. The van der Waals surface area contributed by atoms with Crippen LogP contribution in [0.15, 0.2) is 12.1 Å². The van der Waals surface area contributed by atoms with Gasteiger partial charge in [-0.2, -0.15) is 0 Å². The van der Waals surface area contributed by atoms with Gasteiger partial charge < -0.3 is 10.5 Å². The van der Waals surface area contributed by atoms with Crippen molar-refractivity contribution in [3.8, 4) is 5.75 Å². The maximum atomic E-state index is 13.4. The quantitative estimate of drug-likeness (QED) is 0.851. The number of rotatable bonds is 4. The van der Waals surface area contributed by atoms with Crippen LogP contribution in [0.4, 0.5) is 4.39 Å². The molecule has 1 saturated carbocycles. The number of hydrogen-bond acceptors (Lipinski definition) is 2. The molecule has 0 amide bonds. The molecule has 0 atom stereocenters. The molecule has 2 nitrogen and oxygen atoms in total. The predicted octanol–water partition coefficient (Wildman–Crippen LogP) is 2.57. The molecule has 16 heavy (non-hydrogen) atoms. The molecule has 0 aromatic heterocycles. The molecular weight excluding hydrogens is 205 g/mol. The van der Waals surface area contributed by atoms with Gasteiger partial charge in [-0.25, -0.2) is 4.39 Å². The fraction of sp³-hybridized carbons (Fsp3) is 0.538. The Labute approximate surface area is 95.6 Å². The number of hydrogen-bond donors (Lipinski definition) is 1. The summed E-state index contributed by atoms with van der Waals surface area (Å²) in [4.78, 5) is 0. The fourth-order valence-corrected chi connectivity index (χ4v) is 1.99. The van der Waals surface area contributed by atoms with Crippen LogP contribution in [0.3, 0.4) is 0 Å². The van der Waals surface area contributed by atoms with E-state index in [0.717, 1.165) is 37.0 Å². The van der Waals surface area contributed by atoms with E-state index in [1.54, 1.807) is 20.1 Å². The maximum absolute atomic E-state index is 13.4. The summed E-state index contributed by atoms with van der Waals surface area (Å²) >= 11 is 0. The average molecular weight is 223 g/mol. The second kappa shape index (κ2) is 4.06. The van der Waals surface area contributed by atoms with Crippen LogP contribution in [0.1, 0.15) is 30.4 Å². The highest BCUT2D eigenvalue weighted by Gasteiger charge is 2.37. The highest BCUT2D eigenvalue weighted by Crippen LogP contribution is 2.38. The molecule has 3 heteroatoms. The van der Waals surface area contributed by atoms with Crippen molar-refractivity contribution in [1.82, 2.24) is 0 Å². The lowest BCUT2D eigenvalue weighted by molar-refractivity contribution is 0.405. The van der Waals surface area contributed by atoms with Crippen LogP contribution in [0, 0.1) is 12.7 Å². The van der Waals surface area contributed by atoms with E-state index in [2.05, 4.69) is 0 Å². The zero-order valence-corrected chi connectivity index (χ0v) is 9.85. The van der Waals surface area contributed by atoms with E-state index in [1.807, 2.05) is 0 Å². The molecule has 0 saturated heterocycles. The van der Waals surface area contributed by atoms with Gasteiger partial charge in [0.25, 0.3) is 0 Å². The summed E-state index contributed by atoms with van der Waals surface area (Å²) in [5.41, 5.74) is 7.68. The highest BCUT2D eigenvalue weighted by molar-refractivity contribution is 5.40. The van der Waals surface area contributed by atoms with E-state index < -0.39 is 0 Å². The van der Waals surface area contributed by atoms with Gasteiger partial charge in [0, 0.05) is 5.54 Å². The Hall–Kier alpha value is -1.09. The molecule has 2 rings (SSSR count). The molecule has 0 aliphatic heterocycles.